The Hall–Kier alpha value is -2.04. The molecule has 3 N–H and O–H groups in total. The van der Waals surface area contributed by atoms with Gasteiger partial charge in [-0.3, -0.25) is 9.79 Å². The number of carbonyl (C=O) groups excluding carboxylic acids is 1. The van der Waals surface area contributed by atoms with Crippen molar-refractivity contribution in [3.63, 3.8) is 0 Å². The third-order valence-electron chi connectivity index (χ3n) is 3.76. The van der Waals surface area contributed by atoms with Crippen molar-refractivity contribution in [1.82, 2.24) is 10.6 Å². The Morgan fingerprint density at radius 3 is 2.33 bits per heavy atom. The number of hydrogen-bond acceptors (Lipinski definition) is 2. The van der Waals surface area contributed by atoms with Gasteiger partial charge in [0.2, 0.25) is 5.91 Å². The van der Waals surface area contributed by atoms with Crippen molar-refractivity contribution in [2.75, 3.05) is 18.9 Å². The molecule has 134 valence electrons. The number of nitrogens with zero attached hydrogens (tertiary/aromatic N) is 1. The molecule has 0 bridgehead atoms. The van der Waals surface area contributed by atoms with Crippen molar-refractivity contribution >= 4 is 17.6 Å². The van der Waals surface area contributed by atoms with Crippen LogP contribution < -0.4 is 16.0 Å². The van der Waals surface area contributed by atoms with Crippen LogP contribution in [0.3, 0.4) is 0 Å². The van der Waals surface area contributed by atoms with E-state index in [0.717, 1.165) is 37.0 Å². The second-order valence-corrected chi connectivity index (χ2v) is 6.64. The highest BCUT2D eigenvalue weighted by Crippen LogP contribution is 2.09. The van der Waals surface area contributed by atoms with Crippen LogP contribution in [0.2, 0.25) is 0 Å². The minimum absolute atomic E-state index is 0.0501. The van der Waals surface area contributed by atoms with Gasteiger partial charge < -0.3 is 16.0 Å². The maximum Gasteiger partial charge on any atom is 0.221 e. The first kappa shape index (κ1) is 20.0. The molecule has 24 heavy (non-hydrogen) atoms. The molecule has 0 saturated carbocycles. The van der Waals surface area contributed by atoms with E-state index in [9.17, 15) is 4.79 Å². The van der Waals surface area contributed by atoms with Gasteiger partial charge in [-0.1, -0.05) is 26.0 Å². The summed E-state index contributed by atoms with van der Waals surface area (Å²) in [5.74, 6) is 1.52. The highest BCUT2D eigenvalue weighted by atomic mass is 16.1. The predicted octanol–water partition coefficient (Wildman–Crippen LogP) is 3.18. The summed E-state index contributed by atoms with van der Waals surface area (Å²) in [6, 6.07) is 8.34. The van der Waals surface area contributed by atoms with Gasteiger partial charge in [0.15, 0.2) is 5.96 Å². The molecule has 1 amide bonds. The zero-order chi connectivity index (χ0) is 17.9. The largest absolute Gasteiger partial charge is 0.356 e. The van der Waals surface area contributed by atoms with Gasteiger partial charge in [-0.2, -0.15) is 0 Å². The molecule has 0 aromatic heterocycles. The summed E-state index contributed by atoms with van der Waals surface area (Å²) < 4.78 is 0. The average Bonchev–Trinajstić information content (AvgIpc) is 2.53. The number of benzene rings is 1. The molecule has 0 saturated heterocycles. The zero-order valence-corrected chi connectivity index (χ0v) is 15.6. The Morgan fingerprint density at radius 2 is 1.79 bits per heavy atom. The second kappa shape index (κ2) is 10.7. The van der Waals surface area contributed by atoms with E-state index in [1.165, 1.54) is 18.9 Å². The molecule has 1 aromatic rings. The van der Waals surface area contributed by atoms with Crippen molar-refractivity contribution in [2.24, 2.45) is 10.9 Å². The Morgan fingerprint density at radius 1 is 1.12 bits per heavy atom. The fourth-order valence-electron chi connectivity index (χ4n) is 2.37. The predicted molar refractivity (Wildman–Crippen MR) is 102 cm³/mol. The number of aliphatic imine (C=N–C) groups is 1. The number of nitrogens with one attached hydrogen (secondary N) is 3. The SMILES string of the molecule is CN=C(NCCc1ccc(NC(C)=O)cc1)NC(C)CCC(C)C. The summed E-state index contributed by atoms with van der Waals surface area (Å²) >= 11 is 0. The van der Waals surface area contributed by atoms with E-state index in [4.69, 9.17) is 0 Å². The van der Waals surface area contributed by atoms with E-state index >= 15 is 0 Å². The molecular formula is C19H32N4O. The third kappa shape index (κ3) is 8.56. The fraction of sp³-hybridized carbons (Fsp3) is 0.579. The maximum absolute atomic E-state index is 11.0. The summed E-state index contributed by atoms with van der Waals surface area (Å²) in [4.78, 5) is 15.3. The number of anilines is 1. The molecule has 0 aliphatic carbocycles. The Balaban J connectivity index is 2.35. The monoisotopic (exact) mass is 332 g/mol. The van der Waals surface area contributed by atoms with E-state index in [0.29, 0.717) is 6.04 Å². The van der Waals surface area contributed by atoms with Crippen LogP contribution in [0.5, 0.6) is 0 Å². The number of carbonyl (C=O) groups is 1. The van der Waals surface area contributed by atoms with E-state index in [-0.39, 0.29) is 5.91 Å². The van der Waals surface area contributed by atoms with Gasteiger partial charge in [0.25, 0.3) is 0 Å². The average molecular weight is 332 g/mol. The van der Waals surface area contributed by atoms with Crippen LogP contribution in [-0.4, -0.2) is 31.5 Å². The van der Waals surface area contributed by atoms with Crippen LogP contribution in [0.25, 0.3) is 0 Å². The minimum Gasteiger partial charge on any atom is -0.356 e. The van der Waals surface area contributed by atoms with Gasteiger partial charge >= 0.3 is 0 Å². The minimum atomic E-state index is -0.0501. The van der Waals surface area contributed by atoms with Crippen molar-refractivity contribution in [3.8, 4) is 0 Å². The topological polar surface area (TPSA) is 65.5 Å². The summed E-state index contributed by atoms with van der Waals surface area (Å²) in [6.07, 6.45) is 3.26. The third-order valence-corrected chi connectivity index (χ3v) is 3.76. The van der Waals surface area contributed by atoms with Gasteiger partial charge in [0.05, 0.1) is 0 Å². The molecule has 0 radical (unpaired) electrons. The number of hydrogen-bond donors (Lipinski definition) is 3. The van der Waals surface area contributed by atoms with Crippen molar-refractivity contribution in [1.29, 1.82) is 0 Å². The van der Waals surface area contributed by atoms with Gasteiger partial charge in [0.1, 0.15) is 0 Å². The first-order chi connectivity index (χ1) is 11.4. The molecule has 0 heterocycles. The molecule has 0 spiro atoms. The van der Waals surface area contributed by atoms with Crippen LogP contribution >= 0.6 is 0 Å². The van der Waals surface area contributed by atoms with Crippen LogP contribution in [0.4, 0.5) is 5.69 Å². The van der Waals surface area contributed by atoms with Gasteiger partial charge in [0, 0.05) is 32.2 Å². The normalized spacial score (nSPS) is 12.8. The van der Waals surface area contributed by atoms with Crippen molar-refractivity contribution < 1.29 is 4.79 Å². The molecule has 5 nitrogen and oxygen atoms in total. The maximum atomic E-state index is 11.0. The molecule has 1 aromatic carbocycles. The smallest absolute Gasteiger partial charge is 0.221 e. The summed E-state index contributed by atoms with van der Waals surface area (Å²) in [5.41, 5.74) is 2.05. The molecule has 1 unspecified atom stereocenters. The van der Waals surface area contributed by atoms with Crippen molar-refractivity contribution in [3.05, 3.63) is 29.8 Å². The van der Waals surface area contributed by atoms with E-state index in [1.54, 1.807) is 7.05 Å². The second-order valence-electron chi connectivity index (χ2n) is 6.64. The Labute approximate surface area is 146 Å². The van der Waals surface area contributed by atoms with Crippen LogP contribution in [0.1, 0.15) is 46.1 Å². The van der Waals surface area contributed by atoms with Gasteiger partial charge in [-0.05, 0) is 49.8 Å². The lowest BCUT2D eigenvalue weighted by atomic mass is 10.0. The fourth-order valence-corrected chi connectivity index (χ4v) is 2.37. The number of guanidine groups is 1. The molecule has 0 fully saturated rings. The van der Waals surface area contributed by atoms with E-state index in [1.807, 2.05) is 24.3 Å². The standard InChI is InChI=1S/C19H32N4O/c1-14(2)6-7-15(3)22-19(20-5)21-13-12-17-8-10-18(11-9-17)23-16(4)24/h8-11,14-15H,6-7,12-13H2,1-5H3,(H,23,24)(H2,20,21,22). The summed E-state index contributed by atoms with van der Waals surface area (Å²) in [7, 11) is 1.80. The van der Waals surface area contributed by atoms with E-state index in [2.05, 4.69) is 41.7 Å². The summed E-state index contributed by atoms with van der Waals surface area (Å²) in [6.45, 7) is 9.01. The van der Waals surface area contributed by atoms with Gasteiger partial charge in [-0.15, -0.1) is 0 Å². The molecule has 5 heteroatoms. The zero-order valence-electron chi connectivity index (χ0n) is 15.6. The first-order valence-electron chi connectivity index (χ1n) is 8.74. The number of amides is 1. The van der Waals surface area contributed by atoms with Crippen LogP contribution in [0.15, 0.2) is 29.3 Å². The highest BCUT2D eigenvalue weighted by Gasteiger charge is 2.06. The Kier molecular flexibility index (Phi) is 8.90. The lowest BCUT2D eigenvalue weighted by Crippen LogP contribution is -2.43. The first-order valence-corrected chi connectivity index (χ1v) is 8.74. The molecule has 0 aliphatic rings. The highest BCUT2D eigenvalue weighted by molar-refractivity contribution is 5.88. The summed E-state index contributed by atoms with van der Waals surface area (Å²) in [5, 5.41) is 9.56. The molecule has 1 rings (SSSR count). The quantitative estimate of drug-likeness (QED) is 0.506. The lowest BCUT2D eigenvalue weighted by molar-refractivity contribution is -0.114. The molecular weight excluding hydrogens is 300 g/mol. The van der Waals surface area contributed by atoms with Gasteiger partial charge in [-0.25, -0.2) is 0 Å². The Bertz CT molecular complexity index is 523. The van der Waals surface area contributed by atoms with E-state index < -0.39 is 0 Å². The van der Waals surface area contributed by atoms with Crippen molar-refractivity contribution in [2.45, 2.75) is 53.0 Å². The lowest BCUT2D eigenvalue weighted by Gasteiger charge is -2.18. The van der Waals surface area contributed by atoms with Crippen LogP contribution in [0, 0.1) is 5.92 Å². The molecule has 1 atom stereocenters. The van der Waals surface area contributed by atoms with Crippen LogP contribution in [-0.2, 0) is 11.2 Å². The molecule has 0 aliphatic heterocycles. The number of rotatable bonds is 8.